The van der Waals surface area contributed by atoms with E-state index < -0.39 is 5.41 Å². The maximum absolute atomic E-state index is 12.5. The van der Waals surface area contributed by atoms with Gasteiger partial charge < -0.3 is 10.2 Å². The molecule has 2 amide bonds. The number of carbonyl (C=O) groups is 2. The summed E-state index contributed by atoms with van der Waals surface area (Å²) >= 11 is 5.79. The molecule has 1 unspecified atom stereocenters. The molecule has 1 N–H and O–H groups in total. The number of rotatable bonds is 3. The lowest BCUT2D eigenvalue weighted by molar-refractivity contribution is -0.128. The molecule has 1 aromatic carbocycles. The summed E-state index contributed by atoms with van der Waals surface area (Å²) in [6.45, 7) is 2.96. The van der Waals surface area contributed by atoms with E-state index in [4.69, 9.17) is 11.6 Å². The van der Waals surface area contributed by atoms with Gasteiger partial charge in [-0.1, -0.05) is 12.1 Å². The molecule has 1 aliphatic heterocycles. The molecule has 2 rings (SSSR count). The standard InChI is InChI=1S/C15H19ClN2O2/c1-15(14(20)17-2)6-7-18(10-15)13(19)12-5-3-4-11(8-12)9-16/h3-5,8H,6-7,9-10H2,1-2H3,(H,17,20). The van der Waals surface area contributed by atoms with Crippen molar-refractivity contribution < 1.29 is 9.59 Å². The minimum Gasteiger partial charge on any atom is -0.359 e. The highest BCUT2D eigenvalue weighted by atomic mass is 35.5. The lowest BCUT2D eigenvalue weighted by Gasteiger charge is -2.22. The van der Waals surface area contributed by atoms with Crippen molar-refractivity contribution >= 4 is 23.4 Å². The Balaban J connectivity index is 2.13. The van der Waals surface area contributed by atoms with Crippen LogP contribution in [0.15, 0.2) is 24.3 Å². The van der Waals surface area contributed by atoms with E-state index >= 15 is 0 Å². The van der Waals surface area contributed by atoms with Crippen LogP contribution in [0.2, 0.25) is 0 Å². The lowest BCUT2D eigenvalue weighted by Crippen LogP contribution is -2.40. The second kappa shape index (κ2) is 5.83. The van der Waals surface area contributed by atoms with Gasteiger partial charge in [-0.05, 0) is 31.0 Å². The minimum atomic E-state index is -0.492. The molecule has 0 aromatic heterocycles. The number of alkyl halides is 1. The quantitative estimate of drug-likeness (QED) is 0.867. The average molecular weight is 295 g/mol. The zero-order valence-corrected chi connectivity index (χ0v) is 12.5. The third-order valence-corrected chi connectivity index (χ3v) is 4.17. The highest BCUT2D eigenvalue weighted by Gasteiger charge is 2.41. The first-order valence-electron chi connectivity index (χ1n) is 6.66. The van der Waals surface area contributed by atoms with Gasteiger partial charge in [0.1, 0.15) is 0 Å². The van der Waals surface area contributed by atoms with Gasteiger partial charge in [-0.25, -0.2) is 0 Å². The van der Waals surface area contributed by atoms with Crippen LogP contribution < -0.4 is 5.32 Å². The van der Waals surface area contributed by atoms with E-state index in [-0.39, 0.29) is 11.8 Å². The van der Waals surface area contributed by atoms with Gasteiger partial charge in [0.25, 0.3) is 5.91 Å². The van der Waals surface area contributed by atoms with Crippen LogP contribution >= 0.6 is 11.6 Å². The molecule has 0 spiro atoms. The molecule has 0 saturated carbocycles. The summed E-state index contributed by atoms with van der Waals surface area (Å²) in [4.78, 5) is 26.1. The van der Waals surface area contributed by atoms with E-state index in [0.717, 1.165) is 5.56 Å². The molecular weight excluding hydrogens is 276 g/mol. The summed E-state index contributed by atoms with van der Waals surface area (Å²) in [5, 5.41) is 2.67. The van der Waals surface area contributed by atoms with Crippen LogP contribution in [0.1, 0.15) is 29.3 Å². The zero-order valence-electron chi connectivity index (χ0n) is 11.8. The minimum absolute atomic E-state index is 0.0118. The summed E-state index contributed by atoms with van der Waals surface area (Å²) in [7, 11) is 1.63. The van der Waals surface area contributed by atoms with E-state index in [1.54, 1.807) is 18.0 Å². The molecule has 5 heteroatoms. The Morgan fingerprint density at radius 2 is 2.20 bits per heavy atom. The molecule has 0 bridgehead atoms. The Labute approximate surface area is 124 Å². The maximum atomic E-state index is 12.5. The molecule has 0 radical (unpaired) electrons. The van der Waals surface area contributed by atoms with Crippen molar-refractivity contribution in [2.45, 2.75) is 19.2 Å². The van der Waals surface area contributed by atoms with E-state index in [1.165, 1.54) is 0 Å². The van der Waals surface area contributed by atoms with Crippen LogP contribution in [-0.4, -0.2) is 36.9 Å². The van der Waals surface area contributed by atoms with Gasteiger partial charge in [-0.15, -0.1) is 11.6 Å². The number of amides is 2. The van der Waals surface area contributed by atoms with Gasteiger partial charge in [0, 0.05) is 31.6 Å². The fourth-order valence-corrected chi connectivity index (χ4v) is 2.76. The third-order valence-electron chi connectivity index (χ3n) is 3.86. The molecule has 1 atom stereocenters. The fourth-order valence-electron chi connectivity index (χ4n) is 2.59. The fraction of sp³-hybridized carbons (Fsp3) is 0.467. The van der Waals surface area contributed by atoms with E-state index in [9.17, 15) is 9.59 Å². The lowest BCUT2D eigenvalue weighted by atomic mass is 9.89. The van der Waals surface area contributed by atoms with Crippen LogP contribution in [0.25, 0.3) is 0 Å². The largest absolute Gasteiger partial charge is 0.359 e. The third kappa shape index (κ3) is 2.80. The van der Waals surface area contributed by atoms with Crippen LogP contribution in [0.3, 0.4) is 0 Å². The first-order valence-corrected chi connectivity index (χ1v) is 7.20. The van der Waals surface area contributed by atoms with Crippen LogP contribution in [0.4, 0.5) is 0 Å². The molecule has 1 aromatic rings. The number of nitrogens with one attached hydrogen (secondary N) is 1. The molecule has 20 heavy (non-hydrogen) atoms. The van der Waals surface area contributed by atoms with Crippen molar-refractivity contribution in [1.29, 1.82) is 0 Å². The highest BCUT2D eigenvalue weighted by molar-refractivity contribution is 6.17. The maximum Gasteiger partial charge on any atom is 0.253 e. The van der Waals surface area contributed by atoms with Gasteiger partial charge in [0.15, 0.2) is 0 Å². The highest BCUT2D eigenvalue weighted by Crippen LogP contribution is 2.31. The van der Waals surface area contributed by atoms with Crippen molar-refractivity contribution in [1.82, 2.24) is 10.2 Å². The molecule has 1 saturated heterocycles. The summed E-state index contributed by atoms with van der Waals surface area (Å²) < 4.78 is 0. The van der Waals surface area contributed by atoms with Crippen molar-refractivity contribution in [3.63, 3.8) is 0 Å². The van der Waals surface area contributed by atoms with E-state index in [1.807, 2.05) is 25.1 Å². The monoisotopic (exact) mass is 294 g/mol. The first kappa shape index (κ1) is 14.9. The van der Waals surface area contributed by atoms with Gasteiger partial charge in [-0.2, -0.15) is 0 Å². The molecule has 1 heterocycles. The van der Waals surface area contributed by atoms with Crippen molar-refractivity contribution in [2.75, 3.05) is 20.1 Å². The molecular formula is C15H19ClN2O2. The summed E-state index contributed by atoms with van der Waals surface area (Å²) in [6, 6.07) is 7.32. The van der Waals surface area contributed by atoms with E-state index in [2.05, 4.69) is 5.32 Å². The average Bonchev–Trinajstić information content (AvgIpc) is 2.89. The summed E-state index contributed by atoms with van der Waals surface area (Å²) in [5.74, 6) is 0.337. The summed E-state index contributed by atoms with van der Waals surface area (Å²) in [5.41, 5.74) is 1.06. The van der Waals surface area contributed by atoms with Gasteiger partial charge in [-0.3, -0.25) is 9.59 Å². The Hall–Kier alpha value is -1.55. The van der Waals surface area contributed by atoms with Gasteiger partial charge in [0.2, 0.25) is 5.91 Å². The predicted octanol–water partition coefficient (Wildman–Crippen LogP) is 2.02. The van der Waals surface area contributed by atoms with Gasteiger partial charge in [0.05, 0.1) is 5.41 Å². The van der Waals surface area contributed by atoms with E-state index in [0.29, 0.717) is 31.0 Å². The van der Waals surface area contributed by atoms with Crippen LogP contribution in [0.5, 0.6) is 0 Å². The molecule has 1 fully saturated rings. The normalized spacial score (nSPS) is 21.9. The SMILES string of the molecule is CNC(=O)C1(C)CCN(C(=O)c2cccc(CCl)c2)C1. The Bertz CT molecular complexity index is 532. The second-order valence-corrected chi connectivity index (χ2v) is 5.72. The molecule has 108 valence electrons. The number of hydrogen-bond donors (Lipinski definition) is 1. The van der Waals surface area contributed by atoms with Crippen LogP contribution in [0, 0.1) is 5.41 Å². The summed E-state index contributed by atoms with van der Waals surface area (Å²) in [6.07, 6.45) is 0.688. The van der Waals surface area contributed by atoms with Gasteiger partial charge >= 0.3 is 0 Å². The number of carbonyl (C=O) groups excluding carboxylic acids is 2. The van der Waals surface area contributed by atoms with Crippen molar-refractivity contribution in [2.24, 2.45) is 5.41 Å². The predicted molar refractivity (Wildman–Crippen MR) is 78.7 cm³/mol. The second-order valence-electron chi connectivity index (χ2n) is 5.45. The Kier molecular flexibility index (Phi) is 4.33. The topological polar surface area (TPSA) is 49.4 Å². The van der Waals surface area contributed by atoms with Crippen molar-refractivity contribution in [3.05, 3.63) is 35.4 Å². The zero-order chi connectivity index (χ0) is 14.8. The smallest absolute Gasteiger partial charge is 0.253 e. The Morgan fingerprint density at radius 3 is 2.85 bits per heavy atom. The van der Waals surface area contributed by atoms with Crippen molar-refractivity contribution in [3.8, 4) is 0 Å². The number of nitrogens with zero attached hydrogens (tertiary/aromatic N) is 1. The number of likely N-dealkylation sites (tertiary alicyclic amines) is 1. The molecule has 0 aliphatic carbocycles. The number of hydrogen-bond acceptors (Lipinski definition) is 2. The molecule has 4 nitrogen and oxygen atoms in total. The van der Waals surface area contributed by atoms with Crippen LogP contribution in [-0.2, 0) is 10.7 Å². The molecule has 1 aliphatic rings. The number of benzene rings is 1. The number of halogens is 1. The first-order chi connectivity index (χ1) is 9.50. The Morgan fingerprint density at radius 1 is 1.45 bits per heavy atom.